The van der Waals surface area contributed by atoms with Crippen LogP contribution in [0.2, 0.25) is 0 Å². The molecule has 0 aliphatic carbocycles. The molecular formula is C27H25N3O. The standard InChI is InChI=1S/C27H25N3O/c1-19-14-15-23(20(2)17-19)28-27(31)30-18-22-11-6-7-12-24(22)29-16-8-13-25(29)26(30)21-9-4-3-5-10-21/h3-17,26H,18H2,1-2H3,(H,28,31)/t26-/m1/s1. The maximum atomic E-state index is 13.7. The molecule has 3 aromatic carbocycles. The quantitative estimate of drug-likeness (QED) is 0.420. The smallest absolute Gasteiger partial charge is 0.318 e. The van der Waals surface area contributed by atoms with E-state index in [2.05, 4.69) is 59.4 Å². The van der Waals surface area contributed by atoms with Crippen molar-refractivity contribution in [1.29, 1.82) is 0 Å². The molecule has 1 N–H and O–H groups in total. The van der Waals surface area contributed by atoms with Gasteiger partial charge in [0, 0.05) is 17.6 Å². The third-order valence-corrected chi connectivity index (χ3v) is 5.96. The van der Waals surface area contributed by atoms with Gasteiger partial charge in [-0.3, -0.25) is 0 Å². The molecule has 0 saturated heterocycles. The lowest BCUT2D eigenvalue weighted by atomic mass is 10.0. The molecule has 154 valence electrons. The van der Waals surface area contributed by atoms with Gasteiger partial charge in [0.15, 0.2) is 0 Å². The Labute approximate surface area is 182 Å². The van der Waals surface area contributed by atoms with E-state index >= 15 is 0 Å². The van der Waals surface area contributed by atoms with Crippen LogP contribution in [-0.2, 0) is 6.54 Å². The summed E-state index contributed by atoms with van der Waals surface area (Å²) in [6.07, 6.45) is 2.08. The van der Waals surface area contributed by atoms with E-state index in [4.69, 9.17) is 0 Å². The SMILES string of the molecule is Cc1ccc(NC(=O)N2Cc3ccccc3-n3cccc3[C@H]2c2ccccc2)c(C)c1. The molecule has 0 spiro atoms. The van der Waals surface area contributed by atoms with Gasteiger partial charge in [0.2, 0.25) is 0 Å². The van der Waals surface area contributed by atoms with Gasteiger partial charge in [-0.1, -0.05) is 66.2 Å². The molecule has 1 aliphatic rings. The van der Waals surface area contributed by atoms with Crippen LogP contribution in [0.3, 0.4) is 0 Å². The van der Waals surface area contributed by atoms with Crippen molar-refractivity contribution >= 4 is 11.7 Å². The van der Waals surface area contributed by atoms with Gasteiger partial charge in [0.1, 0.15) is 0 Å². The maximum Gasteiger partial charge on any atom is 0.322 e. The number of nitrogens with zero attached hydrogens (tertiary/aromatic N) is 2. The minimum absolute atomic E-state index is 0.106. The Morgan fingerprint density at radius 2 is 1.68 bits per heavy atom. The van der Waals surface area contributed by atoms with Gasteiger partial charge < -0.3 is 14.8 Å². The van der Waals surface area contributed by atoms with Gasteiger partial charge in [-0.2, -0.15) is 0 Å². The summed E-state index contributed by atoms with van der Waals surface area (Å²) >= 11 is 0. The summed E-state index contributed by atoms with van der Waals surface area (Å²) in [5.41, 5.74) is 7.48. The fourth-order valence-electron chi connectivity index (χ4n) is 4.47. The summed E-state index contributed by atoms with van der Waals surface area (Å²) < 4.78 is 2.21. The Morgan fingerprint density at radius 1 is 0.903 bits per heavy atom. The summed E-state index contributed by atoms with van der Waals surface area (Å²) in [5, 5.41) is 3.17. The van der Waals surface area contributed by atoms with Crippen molar-refractivity contribution in [3.63, 3.8) is 0 Å². The second-order valence-corrected chi connectivity index (χ2v) is 8.12. The first kappa shape index (κ1) is 19.2. The van der Waals surface area contributed by atoms with Gasteiger partial charge in [-0.05, 0) is 54.8 Å². The van der Waals surface area contributed by atoms with Crippen LogP contribution in [0.5, 0.6) is 0 Å². The monoisotopic (exact) mass is 407 g/mol. The number of nitrogens with one attached hydrogen (secondary N) is 1. The molecule has 31 heavy (non-hydrogen) atoms. The van der Waals surface area contributed by atoms with Crippen LogP contribution in [0.15, 0.2) is 91.1 Å². The lowest BCUT2D eigenvalue weighted by Gasteiger charge is -2.31. The van der Waals surface area contributed by atoms with E-state index in [0.717, 1.165) is 33.8 Å². The third-order valence-electron chi connectivity index (χ3n) is 5.96. The number of hydrogen-bond acceptors (Lipinski definition) is 1. The van der Waals surface area contributed by atoms with Gasteiger partial charge in [-0.25, -0.2) is 4.79 Å². The first-order valence-corrected chi connectivity index (χ1v) is 10.6. The zero-order valence-corrected chi connectivity index (χ0v) is 17.7. The van der Waals surface area contributed by atoms with Crippen molar-refractivity contribution in [1.82, 2.24) is 9.47 Å². The number of carbonyl (C=O) groups is 1. The first-order chi connectivity index (χ1) is 15.1. The van der Waals surface area contributed by atoms with E-state index in [1.54, 1.807) is 0 Å². The molecule has 1 atom stereocenters. The molecule has 1 aromatic heterocycles. The number of amides is 2. The highest BCUT2D eigenvalue weighted by Gasteiger charge is 2.32. The van der Waals surface area contributed by atoms with Gasteiger partial charge in [0.05, 0.1) is 18.3 Å². The Bertz CT molecular complexity index is 1240. The number of hydrogen-bond donors (Lipinski definition) is 1. The molecule has 4 aromatic rings. The highest BCUT2D eigenvalue weighted by atomic mass is 16.2. The third kappa shape index (κ3) is 3.50. The van der Waals surface area contributed by atoms with E-state index in [1.807, 2.05) is 60.4 Å². The Kier molecular flexibility index (Phi) is 4.83. The van der Waals surface area contributed by atoms with Crippen LogP contribution < -0.4 is 5.32 Å². The van der Waals surface area contributed by atoms with E-state index in [1.165, 1.54) is 5.56 Å². The molecule has 0 saturated carbocycles. The van der Waals surface area contributed by atoms with Gasteiger partial charge in [0.25, 0.3) is 0 Å². The van der Waals surface area contributed by atoms with E-state index < -0.39 is 0 Å². The number of aromatic nitrogens is 1. The molecule has 5 rings (SSSR count). The number of carbonyl (C=O) groups excluding carboxylic acids is 1. The molecule has 0 radical (unpaired) electrons. The van der Waals surface area contributed by atoms with Crippen LogP contribution in [0, 0.1) is 13.8 Å². The summed E-state index contributed by atoms with van der Waals surface area (Å²) in [7, 11) is 0. The van der Waals surface area contributed by atoms with Crippen molar-refractivity contribution < 1.29 is 4.79 Å². The minimum atomic E-state index is -0.200. The second kappa shape index (κ2) is 7.80. The number of rotatable bonds is 2. The number of para-hydroxylation sites is 1. The fraction of sp³-hybridized carbons (Fsp3) is 0.148. The molecule has 2 amide bonds. The lowest BCUT2D eigenvalue weighted by molar-refractivity contribution is 0.194. The second-order valence-electron chi connectivity index (χ2n) is 8.12. The summed E-state index contributed by atoms with van der Waals surface area (Å²) in [5.74, 6) is 0. The minimum Gasteiger partial charge on any atom is -0.318 e. The number of benzene rings is 3. The largest absolute Gasteiger partial charge is 0.322 e. The molecule has 0 bridgehead atoms. The summed E-state index contributed by atoms with van der Waals surface area (Å²) in [6, 6.07) is 28.5. The number of anilines is 1. The molecule has 0 unspecified atom stereocenters. The Balaban J connectivity index is 1.62. The van der Waals surface area contributed by atoms with Crippen LogP contribution in [0.25, 0.3) is 5.69 Å². The molecule has 4 heteroatoms. The Hall–Kier alpha value is -3.79. The van der Waals surface area contributed by atoms with Crippen LogP contribution in [0.1, 0.15) is 34.0 Å². The predicted molar refractivity (Wildman–Crippen MR) is 125 cm³/mol. The van der Waals surface area contributed by atoms with Crippen molar-refractivity contribution in [2.75, 3.05) is 5.32 Å². The van der Waals surface area contributed by atoms with Gasteiger partial charge in [-0.15, -0.1) is 0 Å². The van der Waals surface area contributed by atoms with Crippen LogP contribution >= 0.6 is 0 Å². The van der Waals surface area contributed by atoms with Crippen molar-refractivity contribution in [3.05, 3.63) is 119 Å². The summed E-state index contributed by atoms with van der Waals surface area (Å²) in [6.45, 7) is 4.61. The Morgan fingerprint density at radius 3 is 2.48 bits per heavy atom. The zero-order valence-electron chi connectivity index (χ0n) is 17.7. The highest BCUT2D eigenvalue weighted by Crippen LogP contribution is 2.37. The van der Waals surface area contributed by atoms with Crippen LogP contribution in [-0.4, -0.2) is 15.5 Å². The molecule has 2 heterocycles. The molecule has 0 fully saturated rings. The zero-order chi connectivity index (χ0) is 21.4. The average molecular weight is 408 g/mol. The average Bonchev–Trinajstić information content (AvgIpc) is 3.20. The topological polar surface area (TPSA) is 37.3 Å². The molecule has 4 nitrogen and oxygen atoms in total. The molecular weight excluding hydrogens is 382 g/mol. The first-order valence-electron chi connectivity index (χ1n) is 10.6. The van der Waals surface area contributed by atoms with Crippen molar-refractivity contribution in [3.8, 4) is 5.69 Å². The lowest BCUT2D eigenvalue weighted by Crippen LogP contribution is -2.38. The fourth-order valence-corrected chi connectivity index (χ4v) is 4.47. The number of urea groups is 1. The normalized spacial score (nSPS) is 15.0. The predicted octanol–water partition coefficient (Wildman–Crippen LogP) is 6.23. The number of aryl methyl sites for hydroxylation is 2. The van der Waals surface area contributed by atoms with Crippen molar-refractivity contribution in [2.24, 2.45) is 0 Å². The van der Waals surface area contributed by atoms with Crippen molar-refractivity contribution in [2.45, 2.75) is 26.4 Å². The number of fused-ring (bicyclic) bond motifs is 3. The maximum absolute atomic E-state index is 13.7. The molecule has 1 aliphatic heterocycles. The van der Waals surface area contributed by atoms with E-state index in [9.17, 15) is 4.79 Å². The van der Waals surface area contributed by atoms with Gasteiger partial charge >= 0.3 is 6.03 Å². The summed E-state index contributed by atoms with van der Waals surface area (Å²) in [4.78, 5) is 15.6. The van der Waals surface area contributed by atoms with E-state index in [-0.39, 0.29) is 12.1 Å². The van der Waals surface area contributed by atoms with E-state index in [0.29, 0.717) is 6.54 Å². The highest BCUT2D eigenvalue weighted by molar-refractivity contribution is 5.91. The van der Waals surface area contributed by atoms with Crippen LogP contribution in [0.4, 0.5) is 10.5 Å².